The first-order valence-electron chi connectivity index (χ1n) is 7.24. The molecule has 1 aliphatic heterocycles. The fraction of sp³-hybridized carbons (Fsp3) is 0.312. The molecule has 1 aromatic carbocycles. The number of piperidine rings is 1. The zero-order valence-corrected chi connectivity index (χ0v) is 12.4. The zero-order valence-electron chi connectivity index (χ0n) is 12.4. The first kappa shape index (κ1) is 14.3. The molecule has 0 unspecified atom stereocenters. The molecule has 3 rings (SSSR count). The van der Waals surface area contributed by atoms with E-state index in [1.165, 1.54) is 13.4 Å². The van der Waals surface area contributed by atoms with Gasteiger partial charge in [-0.2, -0.15) is 0 Å². The summed E-state index contributed by atoms with van der Waals surface area (Å²) in [7, 11) is 1.32. The molecule has 0 aliphatic carbocycles. The van der Waals surface area contributed by atoms with Crippen LogP contribution in [0.1, 0.15) is 29.8 Å². The van der Waals surface area contributed by atoms with E-state index < -0.39 is 5.97 Å². The average molecular weight is 299 g/mol. The Morgan fingerprint density at radius 2 is 2.00 bits per heavy atom. The maximum Gasteiger partial charge on any atom is 0.359 e. The molecule has 0 saturated carbocycles. The van der Waals surface area contributed by atoms with Gasteiger partial charge >= 0.3 is 5.97 Å². The third kappa shape index (κ3) is 2.47. The molecule has 22 heavy (non-hydrogen) atoms. The molecular weight excluding hydrogens is 282 g/mol. The van der Waals surface area contributed by atoms with Gasteiger partial charge in [-0.1, -0.05) is 30.3 Å². The fourth-order valence-corrected chi connectivity index (χ4v) is 2.65. The van der Waals surface area contributed by atoms with Crippen molar-refractivity contribution in [3.05, 3.63) is 42.4 Å². The van der Waals surface area contributed by atoms with E-state index in [9.17, 15) is 9.59 Å². The van der Waals surface area contributed by atoms with Crippen LogP contribution in [0.5, 0.6) is 0 Å². The second-order valence-electron chi connectivity index (χ2n) is 5.12. The zero-order chi connectivity index (χ0) is 15.5. The normalized spacial score (nSPS) is 15.0. The quantitative estimate of drug-likeness (QED) is 0.813. The Bertz CT molecular complexity index is 694. The third-order valence-electron chi connectivity index (χ3n) is 3.73. The summed E-state index contributed by atoms with van der Waals surface area (Å²) in [6.45, 7) is 0.621. The molecule has 1 amide bonds. The van der Waals surface area contributed by atoms with Gasteiger partial charge in [-0.05, 0) is 12.8 Å². The number of hydrogen-bond donors (Lipinski definition) is 0. The highest BCUT2D eigenvalue weighted by atomic mass is 16.5. The summed E-state index contributed by atoms with van der Waals surface area (Å²) < 4.78 is 6.48. The molecule has 0 N–H and O–H groups in total. The summed E-state index contributed by atoms with van der Waals surface area (Å²) in [5.41, 5.74) is 1.62. The van der Waals surface area contributed by atoms with Crippen molar-refractivity contribution < 1.29 is 14.3 Å². The molecule has 0 radical (unpaired) electrons. The van der Waals surface area contributed by atoms with Crippen molar-refractivity contribution in [1.29, 1.82) is 0 Å². The predicted octanol–water partition coefficient (Wildman–Crippen LogP) is 1.99. The number of hydrogen-bond acceptors (Lipinski definition) is 4. The van der Waals surface area contributed by atoms with Crippen LogP contribution < -0.4 is 5.01 Å². The van der Waals surface area contributed by atoms with Crippen LogP contribution in [-0.2, 0) is 9.53 Å². The number of esters is 1. The van der Waals surface area contributed by atoms with Gasteiger partial charge in [0.05, 0.1) is 7.11 Å². The molecule has 0 spiro atoms. The summed E-state index contributed by atoms with van der Waals surface area (Å²) >= 11 is 0. The SMILES string of the molecule is COC(=O)c1ncn(N2CCCCC2=O)c1-c1ccccc1. The van der Waals surface area contributed by atoms with E-state index in [1.54, 1.807) is 9.69 Å². The lowest BCUT2D eigenvalue weighted by Crippen LogP contribution is -2.43. The number of carbonyl (C=O) groups excluding carboxylic acids is 2. The minimum atomic E-state index is -0.512. The number of aromatic nitrogens is 2. The van der Waals surface area contributed by atoms with Crippen LogP contribution in [-0.4, -0.2) is 35.2 Å². The summed E-state index contributed by atoms with van der Waals surface area (Å²) in [6.07, 6.45) is 3.86. The molecule has 1 aromatic heterocycles. The second kappa shape index (κ2) is 6.01. The van der Waals surface area contributed by atoms with Crippen molar-refractivity contribution in [2.24, 2.45) is 0 Å². The number of amides is 1. The van der Waals surface area contributed by atoms with Crippen LogP contribution in [0.25, 0.3) is 11.3 Å². The minimum Gasteiger partial charge on any atom is -0.464 e. The van der Waals surface area contributed by atoms with Gasteiger partial charge < -0.3 is 4.74 Å². The third-order valence-corrected chi connectivity index (χ3v) is 3.73. The maximum absolute atomic E-state index is 12.2. The highest BCUT2D eigenvalue weighted by molar-refractivity contribution is 5.95. The number of imidazole rings is 1. The van der Waals surface area contributed by atoms with Gasteiger partial charge in [0, 0.05) is 18.5 Å². The summed E-state index contributed by atoms with van der Waals surface area (Å²) in [5, 5.41) is 1.64. The number of methoxy groups -OCH3 is 1. The first-order chi connectivity index (χ1) is 10.7. The Kier molecular flexibility index (Phi) is 3.91. The van der Waals surface area contributed by atoms with Crippen LogP contribution >= 0.6 is 0 Å². The fourth-order valence-electron chi connectivity index (χ4n) is 2.65. The number of ether oxygens (including phenoxy) is 1. The van der Waals surface area contributed by atoms with Crippen LogP contribution in [0.15, 0.2) is 36.7 Å². The smallest absolute Gasteiger partial charge is 0.359 e. The van der Waals surface area contributed by atoms with Gasteiger partial charge in [-0.15, -0.1) is 0 Å². The average Bonchev–Trinajstić information content (AvgIpc) is 3.00. The molecule has 1 saturated heterocycles. The molecule has 6 heteroatoms. The highest BCUT2D eigenvalue weighted by Gasteiger charge is 2.27. The van der Waals surface area contributed by atoms with Crippen LogP contribution in [0, 0.1) is 0 Å². The number of rotatable bonds is 3. The second-order valence-corrected chi connectivity index (χ2v) is 5.12. The van der Waals surface area contributed by atoms with E-state index >= 15 is 0 Å². The van der Waals surface area contributed by atoms with Crippen molar-refractivity contribution in [2.75, 3.05) is 18.7 Å². The van der Waals surface area contributed by atoms with Crippen molar-refractivity contribution in [1.82, 2.24) is 9.66 Å². The summed E-state index contributed by atoms with van der Waals surface area (Å²) in [4.78, 5) is 28.3. The lowest BCUT2D eigenvalue weighted by atomic mass is 10.1. The van der Waals surface area contributed by atoms with E-state index in [0.29, 0.717) is 18.7 Å². The van der Waals surface area contributed by atoms with Gasteiger partial charge in [0.15, 0.2) is 5.69 Å². The molecule has 1 aliphatic rings. The van der Waals surface area contributed by atoms with E-state index in [0.717, 1.165) is 18.4 Å². The van der Waals surface area contributed by atoms with Gasteiger partial charge in [0.25, 0.3) is 0 Å². The lowest BCUT2D eigenvalue weighted by molar-refractivity contribution is -0.121. The molecule has 0 bridgehead atoms. The number of benzene rings is 1. The Morgan fingerprint density at radius 3 is 2.68 bits per heavy atom. The standard InChI is InChI=1S/C16H17N3O3/c1-22-16(21)14-15(12-7-3-2-4-8-12)19(11-17-14)18-10-6-5-9-13(18)20/h2-4,7-8,11H,5-6,9-10H2,1H3. The topological polar surface area (TPSA) is 64.4 Å². The number of nitrogens with zero attached hydrogens (tertiary/aromatic N) is 3. The Morgan fingerprint density at radius 1 is 1.23 bits per heavy atom. The Balaban J connectivity index is 2.12. The Hall–Kier alpha value is -2.63. The van der Waals surface area contributed by atoms with Crippen LogP contribution in [0.4, 0.5) is 0 Å². The van der Waals surface area contributed by atoms with Crippen molar-refractivity contribution in [3.63, 3.8) is 0 Å². The van der Waals surface area contributed by atoms with E-state index in [-0.39, 0.29) is 11.6 Å². The molecule has 6 nitrogen and oxygen atoms in total. The van der Waals surface area contributed by atoms with Gasteiger partial charge in [-0.25, -0.2) is 19.5 Å². The van der Waals surface area contributed by atoms with Crippen LogP contribution in [0.3, 0.4) is 0 Å². The summed E-state index contributed by atoms with van der Waals surface area (Å²) in [5.74, 6) is -0.473. The molecule has 2 heterocycles. The maximum atomic E-state index is 12.2. The van der Waals surface area contributed by atoms with E-state index in [4.69, 9.17) is 4.74 Å². The number of carbonyl (C=O) groups is 2. The Labute approximate surface area is 128 Å². The molecular formula is C16H17N3O3. The molecule has 114 valence electrons. The largest absolute Gasteiger partial charge is 0.464 e. The van der Waals surface area contributed by atoms with Crippen LogP contribution in [0.2, 0.25) is 0 Å². The molecule has 1 fully saturated rings. The molecule has 0 atom stereocenters. The highest BCUT2D eigenvalue weighted by Crippen LogP contribution is 2.25. The lowest BCUT2D eigenvalue weighted by Gasteiger charge is -2.28. The van der Waals surface area contributed by atoms with E-state index in [1.807, 2.05) is 30.3 Å². The van der Waals surface area contributed by atoms with Crippen molar-refractivity contribution in [3.8, 4) is 11.3 Å². The van der Waals surface area contributed by atoms with E-state index in [2.05, 4.69) is 4.98 Å². The van der Waals surface area contributed by atoms with Crippen molar-refractivity contribution >= 4 is 11.9 Å². The molecule has 2 aromatic rings. The van der Waals surface area contributed by atoms with Gasteiger partial charge in [0.1, 0.15) is 12.0 Å². The van der Waals surface area contributed by atoms with Gasteiger partial charge in [0.2, 0.25) is 5.91 Å². The predicted molar refractivity (Wildman–Crippen MR) is 80.9 cm³/mol. The van der Waals surface area contributed by atoms with Gasteiger partial charge in [-0.3, -0.25) is 4.79 Å². The minimum absolute atomic E-state index is 0.0391. The first-order valence-corrected chi connectivity index (χ1v) is 7.24. The monoisotopic (exact) mass is 299 g/mol. The van der Waals surface area contributed by atoms with Crippen molar-refractivity contribution in [2.45, 2.75) is 19.3 Å². The summed E-state index contributed by atoms with van der Waals surface area (Å²) in [6, 6.07) is 9.42.